The number of methoxy groups -OCH3 is 1. The van der Waals surface area contributed by atoms with Crippen LogP contribution < -0.4 is 0 Å². The number of para-hydroxylation sites is 1. The first-order valence-electron chi connectivity index (χ1n) is 5.29. The van der Waals surface area contributed by atoms with Crippen molar-refractivity contribution in [1.29, 1.82) is 0 Å². The van der Waals surface area contributed by atoms with E-state index >= 15 is 0 Å². The Morgan fingerprint density at radius 1 is 1.35 bits per heavy atom. The van der Waals surface area contributed by atoms with Crippen LogP contribution in [0.2, 0.25) is 0 Å². The van der Waals surface area contributed by atoms with Crippen molar-refractivity contribution in [2.24, 2.45) is 0 Å². The summed E-state index contributed by atoms with van der Waals surface area (Å²) in [6.45, 7) is 3.75. The highest BCUT2D eigenvalue weighted by Crippen LogP contribution is 2.34. The first-order chi connectivity index (χ1) is 7.95. The lowest BCUT2D eigenvalue weighted by atomic mass is 10.0. The number of aromatic hydroxyl groups is 1. The smallest absolute Gasteiger partial charge is 0.140 e. The predicted molar refractivity (Wildman–Crippen MR) is 71.1 cm³/mol. The van der Waals surface area contributed by atoms with Crippen LogP contribution in [0.25, 0.3) is 10.9 Å². The van der Waals surface area contributed by atoms with Crippen molar-refractivity contribution >= 4 is 26.8 Å². The Morgan fingerprint density at radius 3 is 2.71 bits per heavy atom. The topological polar surface area (TPSA) is 42.4 Å². The van der Waals surface area contributed by atoms with E-state index in [1.54, 1.807) is 13.2 Å². The Labute approximate surface area is 109 Å². The van der Waals surface area contributed by atoms with Crippen LogP contribution in [0.1, 0.15) is 19.5 Å². The molecule has 0 saturated carbocycles. The largest absolute Gasteiger partial charge is 0.506 e. The maximum Gasteiger partial charge on any atom is 0.140 e. The number of hydrogen-bond acceptors (Lipinski definition) is 3. The molecule has 0 unspecified atom stereocenters. The summed E-state index contributed by atoms with van der Waals surface area (Å²) < 4.78 is 6.26. The van der Waals surface area contributed by atoms with Crippen LogP contribution in [0, 0.1) is 0 Å². The molecule has 3 nitrogen and oxygen atoms in total. The van der Waals surface area contributed by atoms with Gasteiger partial charge >= 0.3 is 0 Å². The highest BCUT2D eigenvalue weighted by Gasteiger charge is 2.25. The molecule has 0 saturated heterocycles. The van der Waals surface area contributed by atoms with Crippen molar-refractivity contribution in [3.63, 3.8) is 0 Å². The maximum atomic E-state index is 10.0. The van der Waals surface area contributed by atoms with E-state index in [4.69, 9.17) is 4.74 Å². The molecule has 0 aliphatic carbocycles. The molecule has 1 heterocycles. The standard InChI is InChI=1S/C13H14BrNO2/c1-13(2,17-3)12-10(16)7-8-5-4-6-9(14)11(8)15-12/h4-7,16H,1-3H3. The number of benzene rings is 1. The van der Waals surface area contributed by atoms with Gasteiger partial charge in [-0.3, -0.25) is 0 Å². The number of aromatic nitrogens is 1. The fourth-order valence-electron chi connectivity index (χ4n) is 1.69. The van der Waals surface area contributed by atoms with Crippen molar-refractivity contribution in [3.8, 4) is 5.75 Å². The van der Waals surface area contributed by atoms with Gasteiger partial charge in [-0.2, -0.15) is 0 Å². The lowest BCUT2D eigenvalue weighted by Gasteiger charge is -2.23. The molecule has 1 aromatic carbocycles. The van der Waals surface area contributed by atoms with Gasteiger partial charge in [-0.15, -0.1) is 0 Å². The van der Waals surface area contributed by atoms with E-state index in [1.165, 1.54) is 0 Å². The predicted octanol–water partition coefficient (Wildman–Crippen LogP) is 3.58. The molecule has 0 aliphatic rings. The molecule has 0 fully saturated rings. The van der Waals surface area contributed by atoms with Gasteiger partial charge in [0, 0.05) is 17.0 Å². The third kappa shape index (κ3) is 2.15. The van der Waals surface area contributed by atoms with E-state index in [0.717, 1.165) is 15.4 Å². The zero-order valence-electron chi connectivity index (χ0n) is 9.99. The number of hydrogen-bond donors (Lipinski definition) is 1. The van der Waals surface area contributed by atoms with Crippen molar-refractivity contribution in [1.82, 2.24) is 4.98 Å². The Hall–Kier alpha value is -1.13. The van der Waals surface area contributed by atoms with Gasteiger partial charge in [-0.1, -0.05) is 12.1 Å². The monoisotopic (exact) mass is 295 g/mol. The highest BCUT2D eigenvalue weighted by molar-refractivity contribution is 9.10. The second-order valence-corrected chi connectivity index (χ2v) is 5.24. The fraction of sp³-hybridized carbons (Fsp3) is 0.308. The molecule has 0 radical (unpaired) electrons. The summed E-state index contributed by atoms with van der Waals surface area (Å²) >= 11 is 3.46. The van der Waals surface area contributed by atoms with Crippen LogP contribution in [-0.4, -0.2) is 17.2 Å². The number of nitrogens with zero attached hydrogens (tertiary/aromatic N) is 1. The van der Waals surface area contributed by atoms with Gasteiger partial charge < -0.3 is 9.84 Å². The average Bonchev–Trinajstić information content (AvgIpc) is 2.28. The van der Waals surface area contributed by atoms with E-state index < -0.39 is 5.60 Å². The maximum absolute atomic E-state index is 10.0. The van der Waals surface area contributed by atoms with E-state index in [0.29, 0.717) is 5.69 Å². The molecule has 17 heavy (non-hydrogen) atoms. The van der Waals surface area contributed by atoms with Crippen LogP contribution in [-0.2, 0) is 10.3 Å². The highest BCUT2D eigenvalue weighted by atomic mass is 79.9. The molecular formula is C13H14BrNO2. The van der Waals surface area contributed by atoms with Gasteiger partial charge in [0.1, 0.15) is 17.0 Å². The second kappa shape index (κ2) is 4.27. The normalized spacial score (nSPS) is 12.0. The molecule has 1 aromatic heterocycles. The van der Waals surface area contributed by atoms with Crippen LogP contribution in [0.5, 0.6) is 5.75 Å². The van der Waals surface area contributed by atoms with Crippen molar-refractivity contribution in [2.75, 3.05) is 7.11 Å². The molecule has 0 atom stereocenters. The molecule has 2 aromatic rings. The SMILES string of the molecule is COC(C)(C)c1nc2c(Br)cccc2cc1O. The molecule has 1 N–H and O–H groups in total. The number of ether oxygens (including phenoxy) is 1. The summed E-state index contributed by atoms with van der Waals surface area (Å²) in [5, 5.41) is 10.9. The molecule has 0 spiro atoms. The van der Waals surface area contributed by atoms with Gasteiger partial charge in [0.15, 0.2) is 0 Å². The Morgan fingerprint density at radius 2 is 2.06 bits per heavy atom. The van der Waals surface area contributed by atoms with Gasteiger partial charge in [0.05, 0.1) is 5.52 Å². The summed E-state index contributed by atoms with van der Waals surface area (Å²) in [6.07, 6.45) is 0. The van der Waals surface area contributed by atoms with Gasteiger partial charge in [-0.05, 0) is 41.9 Å². The molecule has 2 rings (SSSR count). The van der Waals surface area contributed by atoms with E-state index in [9.17, 15) is 5.11 Å². The zero-order chi connectivity index (χ0) is 12.6. The Kier molecular flexibility index (Phi) is 3.10. The summed E-state index contributed by atoms with van der Waals surface area (Å²) in [5.41, 5.74) is 0.748. The minimum atomic E-state index is -0.618. The summed E-state index contributed by atoms with van der Waals surface area (Å²) in [4.78, 5) is 4.49. The summed E-state index contributed by atoms with van der Waals surface area (Å²) in [5.74, 6) is 0.155. The lowest BCUT2D eigenvalue weighted by molar-refractivity contribution is 0.0138. The van der Waals surface area contributed by atoms with Crippen LogP contribution in [0.15, 0.2) is 28.7 Å². The minimum Gasteiger partial charge on any atom is -0.506 e. The Balaban J connectivity index is 2.74. The third-order valence-corrected chi connectivity index (χ3v) is 3.50. The summed E-state index contributed by atoms with van der Waals surface area (Å²) in [7, 11) is 1.60. The number of pyridine rings is 1. The van der Waals surface area contributed by atoms with Crippen molar-refractivity contribution in [3.05, 3.63) is 34.4 Å². The third-order valence-electron chi connectivity index (χ3n) is 2.86. The van der Waals surface area contributed by atoms with E-state index in [-0.39, 0.29) is 5.75 Å². The van der Waals surface area contributed by atoms with Gasteiger partial charge in [0.2, 0.25) is 0 Å². The zero-order valence-corrected chi connectivity index (χ0v) is 11.6. The first kappa shape index (κ1) is 12.3. The van der Waals surface area contributed by atoms with Crippen LogP contribution >= 0.6 is 15.9 Å². The van der Waals surface area contributed by atoms with E-state index in [1.807, 2.05) is 32.0 Å². The molecule has 0 bridgehead atoms. The average molecular weight is 296 g/mol. The molecule has 90 valence electrons. The molecule has 4 heteroatoms. The number of rotatable bonds is 2. The molecule has 0 amide bonds. The quantitative estimate of drug-likeness (QED) is 0.921. The van der Waals surface area contributed by atoms with Gasteiger partial charge in [0.25, 0.3) is 0 Å². The number of fused-ring (bicyclic) bond motifs is 1. The molecular weight excluding hydrogens is 282 g/mol. The lowest BCUT2D eigenvalue weighted by Crippen LogP contribution is -2.21. The van der Waals surface area contributed by atoms with Crippen molar-refractivity contribution in [2.45, 2.75) is 19.4 Å². The first-order valence-corrected chi connectivity index (χ1v) is 6.09. The Bertz CT molecular complexity index is 567. The van der Waals surface area contributed by atoms with Gasteiger partial charge in [-0.25, -0.2) is 4.98 Å². The second-order valence-electron chi connectivity index (χ2n) is 4.38. The van der Waals surface area contributed by atoms with Crippen LogP contribution in [0.3, 0.4) is 0 Å². The summed E-state index contributed by atoms with van der Waals surface area (Å²) in [6, 6.07) is 7.46. The minimum absolute atomic E-state index is 0.155. The van der Waals surface area contributed by atoms with Crippen molar-refractivity contribution < 1.29 is 9.84 Å². The molecule has 0 aliphatic heterocycles. The van der Waals surface area contributed by atoms with E-state index in [2.05, 4.69) is 20.9 Å². The van der Waals surface area contributed by atoms with Crippen LogP contribution in [0.4, 0.5) is 0 Å². The fourth-order valence-corrected chi connectivity index (χ4v) is 2.16. The number of halogens is 1.